The Kier molecular flexibility index (Phi) is 4.95. The minimum absolute atomic E-state index is 0.0752. The molecule has 3 heterocycles. The van der Waals surface area contributed by atoms with Gasteiger partial charge in [0.1, 0.15) is 11.6 Å². The highest BCUT2D eigenvalue weighted by molar-refractivity contribution is 7.09. The molecule has 0 amide bonds. The highest BCUT2D eigenvalue weighted by Gasteiger charge is 2.23. The highest BCUT2D eigenvalue weighted by atomic mass is 32.1. The normalized spacial score (nSPS) is 15.8. The second kappa shape index (κ2) is 7.38. The van der Waals surface area contributed by atoms with Crippen LogP contribution >= 0.6 is 11.5 Å². The number of piperidine rings is 1. The molecule has 142 valence electrons. The lowest BCUT2D eigenvalue weighted by atomic mass is 9.97. The van der Waals surface area contributed by atoms with E-state index in [-0.39, 0.29) is 5.56 Å². The van der Waals surface area contributed by atoms with Crippen molar-refractivity contribution in [1.82, 2.24) is 18.9 Å². The Hall–Kier alpha value is -2.28. The van der Waals surface area contributed by atoms with Crippen molar-refractivity contribution in [2.75, 3.05) is 18.0 Å². The standard InChI is InChI=1S/C20H25N5OS/c1-13(2)18-22-20(27-23-18)24-10-8-15(9-11-24)12-25-14(3)21-17-7-5-4-6-16(17)19(25)26/h4-7,13,15H,8-12H2,1-3H3. The van der Waals surface area contributed by atoms with Gasteiger partial charge in [0.2, 0.25) is 5.13 Å². The Balaban J connectivity index is 1.46. The molecular formula is C20H25N5OS. The summed E-state index contributed by atoms with van der Waals surface area (Å²) in [6.07, 6.45) is 2.10. The van der Waals surface area contributed by atoms with Crippen molar-refractivity contribution in [3.8, 4) is 0 Å². The summed E-state index contributed by atoms with van der Waals surface area (Å²) in [6.45, 7) is 8.84. The molecule has 1 aliphatic rings. The summed E-state index contributed by atoms with van der Waals surface area (Å²) in [4.78, 5) is 24.5. The molecule has 0 N–H and O–H groups in total. The molecular weight excluding hydrogens is 358 g/mol. The van der Waals surface area contributed by atoms with Crippen molar-refractivity contribution < 1.29 is 0 Å². The van der Waals surface area contributed by atoms with Crippen molar-refractivity contribution in [2.24, 2.45) is 5.92 Å². The predicted octanol–water partition coefficient (Wildman–Crippen LogP) is 3.60. The van der Waals surface area contributed by atoms with E-state index in [1.54, 1.807) is 0 Å². The number of anilines is 1. The number of hydrogen-bond donors (Lipinski definition) is 0. The second-order valence-electron chi connectivity index (χ2n) is 7.61. The van der Waals surface area contributed by atoms with Gasteiger partial charge in [-0.05, 0) is 37.8 Å². The van der Waals surface area contributed by atoms with E-state index in [1.807, 2.05) is 35.8 Å². The third-order valence-corrected chi connectivity index (χ3v) is 6.12. The first-order valence-electron chi connectivity index (χ1n) is 9.57. The van der Waals surface area contributed by atoms with Crippen LogP contribution in [-0.2, 0) is 6.54 Å². The minimum atomic E-state index is 0.0752. The number of hydrogen-bond acceptors (Lipinski definition) is 6. The van der Waals surface area contributed by atoms with Gasteiger partial charge < -0.3 is 4.90 Å². The molecule has 7 heteroatoms. The zero-order valence-corrected chi connectivity index (χ0v) is 16.9. The molecule has 1 aliphatic heterocycles. The summed E-state index contributed by atoms with van der Waals surface area (Å²) < 4.78 is 6.32. The fourth-order valence-corrected chi connectivity index (χ4v) is 4.51. The van der Waals surface area contributed by atoms with Gasteiger partial charge in [-0.2, -0.15) is 4.37 Å². The van der Waals surface area contributed by atoms with Crippen LogP contribution in [0.2, 0.25) is 0 Å². The minimum Gasteiger partial charge on any atom is -0.347 e. The van der Waals surface area contributed by atoms with E-state index >= 15 is 0 Å². The van der Waals surface area contributed by atoms with E-state index in [9.17, 15) is 4.79 Å². The van der Waals surface area contributed by atoms with Crippen LogP contribution in [0.4, 0.5) is 5.13 Å². The Morgan fingerprint density at radius 3 is 2.63 bits per heavy atom. The Morgan fingerprint density at radius 1 is 1.19 bits per heavy atom. The Bertz CT molecular complexity index is 1000. The van der Waals surface area contributed by atoms with E-state index in [1.165, 1.54) is 11.5 Å². The van der Waals surface area contributed by atoms with Gasteiger partial charge in [-0.1, -0.05) is 26.0 Å². The van der Waals surface area contributed by atoms with Gasteiger partial charge in [0.15, 0.2) is 0 Å². The Labute approximate surface area is 163 Å². The smallest absolute Gasteiger partial charge is 0.261 e. The zero-order valence-electron chi connectivity index (χ0n) is 16.1. The topological polar surface area (TPSA) is 63.9 Å². The molecule has 0 bridgehead atoms. The number of aromatic nitrogens is 4. The molecule has 0 spiro atoms. The van der Waals surface area contributed by atoms with Gasteiger partial charge in [-0.15, -0.1) is 0 Å². The summed E-state index contributed by atoms with van der Waals surface area (Å²) in [6, 6.07) is 7.59. The average Bonchev–Trinajstić information content (AvgIpc) is 3.16. The molecule has 27 heavy (non-hydrogen) atoms. The van der Waals surface area contributed by atoms with Crippen molar-refractivity contribution in [1.29, 1.82) is 0 Å². The molecule has 1 fully saturated rings. The van der Waals surface area contributed by atoms with Crippen LogP contribution in [0.15, 0.2) is 29.1 Å². The number of fused-ring (bicyclic) bond motifs is 1. The summed E-state index contributed by atoms with van der Waals surface area (Å²) in [5, 5.41) is 1.73. The van der Waals surface area contributed by atoms with E-state index < -0.39 is 0 Å². The Morgan fingerprint density at radius 2 is 1.93 bits per heavy atom. The molecule has 4 rings (SSSR count). The first-order valence-corrected chi connectivity index (χ1v) is 10.3. The third kappa shape index (κ3) is 3.60. The lowest BCUT2D eigenvalue weighted by molar-refractivity contribution is 0.348. The van der Waals surface area contributed by atoms with Crippen LogP contribution in [0.1, 0.15) is 44.3 Å². The number of aryl methyl sites for hydroxylation is 1. The maximum Gasteiger partial charge on any atom is 0.261 e. The molecule has 3 aromatic rings. The quantitative estimate of drug-likeness (QED) is 0.689. The molecule has 0 atom stereocenters. The molecule has 1 aromatic carbocycles. The van der Waals surface area contributed by atoms with Crippen LogP contribution in [0.5, 0.6) is 0 Å². The van der Waals surface area contributed by atoms with Crippen molar-refractivity contribution in [3.05, 3.63) is 46.3 Å². The van der Waals surface area contributed by atoms with Crippen LogP contribution in [0, 0.1) is 12.8 Å². The van der Waals surface area contributed by atoms with E-state index in [0.717, 1.165) is 54.8 Å². The van der Waals surface area contributed by atoms with Gasteiger partial charge >= 0.3 is 0 Å². The lowest BCUT2D eigenvalue weighted by Gasteiger charge is -2.32. The first-order chi connectivity index (χ1) is 13.0. The molecule has 0 unspecified atom stereocenters. The summed E-state index contributed by atoms with van der Waals surface area (Å²) in [7, 11) is 0. The SMILES string of the molecule is Cc1nc2ccccc2c(=O)n1CC1CCN(c2nc(C(C)C)ns2)CC1. The van der Waals surface area contributed by atoms with Crippen molar-refractivity contribution in [3.63, 3.8) is 0 Å². The molecule has 0 aliphatic carbocycles. The molecule has 0 saturated carbocycles. The van der Waals surface area contributed by atoms with Gasteiger partial charge in [-0.3, -0.25) is 9.36 Å². The van der Waals surface area contributed by atoms with Crippen LogP contribution < -0.4 is 10.5 Å². The van der Waals surface area contributed by atoms with E-state index in [0.29, 0.717) is 17.2 Å². The molecule has 1 saturated heterocycles. The summed E-state index contributed by atoms with van der Waals surface area (Å²) in [5.74, 6) is 2.58. The fraction of sp³-hybridized carbons (Fsp3) is 0.500. The summed E-state index contributed by atoms with van der Waals surface area (Å²) >= 11 is 1.50. The van der Waals surface area contributed by atoms with Gasteiger partial charge in [0.25, 0.3) is 5.56 Å². The van der Waals surface area contributed by atoms with Crippen molar-refractivity contribution >= 4 is 27.6 Å². The fourth-order valence-electron chi connectivity index (χ4n) is 3.65. The van der Waals surface area contributed by atoms with E-state index in [4.69, 9.17) is 0 Å². The average molecular weight is 384 g/mol. The zero-order chi connectivity index (χ0) is 19.0. The number of benzene rings is 1. The van der Waals surface area contributed by atoms with Crippen LogP contribution in [0.3, 0.4) is 0 Å². The van der Waals surface area contributed by atoms with Gasteiger partial charge in [0.05, 0.1) is 10.9 Å². The largest absolute Gasteiger partial charge is 0.347 e. The van der Waals surface area contributed by atoms with Crippen LogP contribution in [0.25, 0.3) is 10.9 Å². The monoisotopic (exact) mass is 383 g/mol. The molecule has 2 aromatic heterocycles. The van der Waals surface area contributed by atoms with E-state index in [2.05, 4.69) is 33.1 Å². The lowest BCUT2D eigenvalue weighted by Crippen LogP contribution is -2.37. The maximum absolute atomic E-state index is 12.9. The predicted molar refractivity (Wildman–Crippen MR) is 110 cm³/mol. The first kappa shape index (κ1) is 18.1. The van der Waals surface area contributed by atoms with Gasteiger partial charge in [0, 0.05) is 37.1 Å². The summed E-state index contributed by atoms with van der Waals surface area (Å²) in [5.41, 5.74) is 0.856. The molecule has 6 nitrogen and oxygen atoms in total. The number of para-hydroxylation sites is 1. The third-order valence-electron chi connectivity index (χ3n) is 5.33. The maximum atomic E-state index is 12.9. The second-order valence-corrected chi connectivity index (χ2v) is 8.34. The van der Waals surface area contributed by atoms with Crippen LogP contribution in [-0.4, -0.2) is 32.0 Å². The number of rotatable bonds is 4. The molecule has 0 radical (unpaired) electrons. The van der Waals surface area contributed by atoms with Gasteiger partial charge in [-0.25, -0.2) is 9.97 Å². The number of nitrogens with zero attached hydrogens (tertiary/aromatic N) is 5. The highest BCUT2D eigenvalue weighted by Crippen LogP contribution is 2.27. The van der Waals surface area contributed by atoms with Crippen molar-refractivity contribution in [2.45, 2.75) is 46.1 Å².